The Kier molecular flexibility index (Phi) is 4.30. The van der Waals surface area contributed by atoms with E-state index in [1.54, 1.807) is 7.11 Å². The monoisotopic (exact) mass is 254 g/mol. The third kappa shape index (κ3) is 3.36. The van der Waals surface area contributed by atoms with Gasteiger partial charge in [0.05, 0.1) is 13.2 Å². The lowest BCUT2D eigenvalue weighted by Gasteiger charge is -2.25. The lowest BCUT2D eigenvalue weighted by atomic mass is 9.83. The van der Waals surface area contributed by atoms with Gasteiger partial charge in [0.15, 0.2) is 0 Å². The van der Waals surface area contributed by atoms with E-state index in [0.717, 1.165) is 42.9 Å². The Labute approximate surface area is 108 Å². The quantitative estimate of drug-likeness (QED) is 0.895. The fourth-order valence-electron chi connectivity index (χ4n) is 2.48. The van der Waals surface area contributed by atoms with Gasteiger partial charge in [0.25, 0.3) is 0 Å². The number of hydrogen-bond acceptors (Lipinski definition) is 2. The van der Waals surface area contributed by atoms with Gasteiger partial charge in [-0.1, -0.05) is 17.7 Å². The maximum atomic E-state index is 9.47. The highest BCUT2D eigenvalue weighted by Crippen LogP contribution is 2.30. The van der Waals surface area contributed by atoms with Crippen LogP contribution in [-0.4, -0.2) is 18.3 Å². The predicted molar refractivity (Wildman–Crippen MR) is 69.7 cm³/mol. The molecule has 1 aromatic carbocycles. The van der Waals surface area contributed by atoms with Crippen LogP contribution in [0.5, 0.6) is 5.75 Å². The molecule has 1 aromatic rings. The molecule has 0 spiro atoms. The number of halogens is 1. The lowest BCUT2D eigenvalue weighted by Crippen LogP contribution is -2.19. The van der Waals surface area contributed by atoms with Crippen molar-refractivity contribution in [3.8, 4) is 5.75 Å². The summed E-state index contributed by atoms with van der Waals surface area (Å²) in [5, 5.41) is 10.3. The first-order valence-electron chi connectivity index (χ1n) is 6.19. The molecular weight excluding hydrogens is 236 g/mol. The maximum Gasteiger partial charge on any atom is 0.120 e. The fourth-order valence-corrected chi connectivity index (χ4v) is 2.73. The van der Waals surface area contributed by atoms with E-state index in [-0.39, 0.29) is 6.10 Å². The van der Waals surface area contributed by atoms with E-state index >= 15 is 0 Å². The van der Waals surface area contributed by atoms with Crippen LogP contribution in [-0.2, 0) is 6.42 Å². The highest BCUT2D eigenvalue weighted by atomic mass is 35.5. The molecule has 17 heavy (non-hydrogen) atoms. The number of aliphatic hydroxyl groups excluding tert-OH is 1. The van der Waals surface area contributed by atoms with Crippen molar-refractivity contribution >= 4 is 11.6 Å². The van der Waals surface area contributed by atoms with Crippen molar-refractivity contribution in [3.05, 3.63) is 28.8 Å². The molecule has 0 aliphatic heterocycles. The summed E-state index contributed by atoms with van der Waals surface area (Å²) in [5.74, 6) is 1.46. The van der Waals surface area contributed by atoms with E-state index in [4.69, 9.17) is 16.3 Å². The van der Waals surface area contributed by atoms with Crippen molar-refractivity contribution in [2.45, 2.75) is 38.2 Å². The molecule has 0 saturated heterocycles. The summed E-state index contributed by atoms with van der Waals surface area (Å²) in [6.45, 7) is 0. The van der Waals surface area contributed by atoms with E-state index in [9.17, 15) is 5.11 Å². The summed E-state index contributed by atoms with van der Waals surface area (Å²) in [6.07, 6.45) is 4.98. The Hall–Kier alpha value is -0.730. The van der Waals surface area contributed by atoms with Gasteiger partial charge in [0.1, 0.15) is 5.75 Å². The highest BCUT2D eigenvalue weighted by molar-refractivity contribution is 6.31. The van der Waals surface area contributed by atoms with Crippen molar-refractivity contribution in [2.24, 2.45) is 5.92 Å². The Bertz CT molecular complexity index is 370. The SMILES string of the molecule is COc1ccc(CC2CCC(O)CC2)c(Cl)c1. The maximum absolute atomic E-state index is 9.47. The van der Waals surface area contributed by atoms with Gasteiger partial charge >= 0.3 is 0 Å². The van der Waals surface area contributed by atoms with Gasteiger partial charge < -0.3 is 9.84 Å². The van der Waals surface area contributed by atoms with Crippen LogP contribution in [0.2, 0.25) is 5.02 Å². The van der Waals surface area contributed by atoms with E-state index in [2.05, 4.69) is 0 Å². The van der Waals surface area contributed by atoms with Crippen LogP contribution in [0.15, 0.2) is 18.2 Å². The Morgan fingerprint density at radius 2 is 2.00 bits per heavy atom. The number of aliphatic hydroxyl groups is 1. The first-order chi connectivity index (χ1) is 8.19. The third-order valence-electron chi connectivity index (χ3n) is 3.59. The lowest BCUT2D eigenvalue weighted by molar-refractivity contribution is 0.109. The van der Waals surface area contributed by atoms with Gasteiger partial charge in [-0.05, 0) is 55.7 Å². The first kappa shape index (κ1) is 12.7. The Balaban J connectivity index is 1.99. The number of rotatable bonds is 3. The fraction of sp³-hybridized carbons (Fsp3) is 0.571. The second kappa shape index (κ2) is 5.74. The zero-order valence-corrected chi connectivity index (χ0v) is 10.9. The van der Waals surface area contributed by atoms with E-state index in [1.807, 2.05) is 18.2 Å². The van der Waals surface area contributed by atoms with Gasteiger partial charge in [0.2, 0.25) is 0 Å². The molecule has 1 saturated carbocycles. The summed E-state index contributed by atoms with van der Waals surface area (Å²) < 4.78 is 5.14. The van der Waals surface area contributed by atoms with Crippen molar-refractivity contribution in [1.82, 2.24) is 0 Å². The van der Waals surface area contributed by atoms with Gasteiger partial charge in [-0.25, -0.2) is 0 Å². The average molecular weight is 255 g/mol. The van der Waals surface area contributed by atoms with Gasteiger partial charge in [-0.3, -0.25) is 0 Å². The van der Waals surface area contributed by atoms with Crippen molar-refractivity contribution in [2.75, 3.05) is 7.11 Å². The normalized spacial score (nSPS) is 24.6. The van der Waals surface area contributed by atoms with E-state index in [1.165, 1.54) is 5.56 Å². The Morgan fingerprint density at radius 3 is 2.59 bits per heavy atom. The molecule has 2 rings (SSSR count). The summed E-state index contributed by atoms with van der Waals surface area (Å²) in [4.78, 5) is 0. The second-order valence-electron chi connectivity index (χ2n) is 4.84. The molecule has 3 heteroatoms. The molecular formula is C14H19ClO2. The predicted octanol–water partition coefficient (Wildman–Crippen LogP) is 3.44. The molecule has 94 valence electrons. The standard InChI is InChI=1S/C14H19ClO2/c1-17-13-7-4-11(14(15)9-13)8-10-2-5-12(16)6-3-10/h4,7,9-10,12,16H,2-3,5-6,8H2,1H3. The van der Waals surface area contributed by atoms with Crippen LogP contribution in [0.1, 0.15) is 31.2 Å². The van der Waals surface area contributed by atoms with E-state index in [0.29, 0.717) is 5.92 Å². The molecule has 0 heterocycles. The van der Waals surface area contributed by atoms with Crippen LogP contribution in [0.3, 0.4) is 0 Å². The van der Waals surface area contributed by atoms with Crippen LogP contribution < -0.4 is 4.74 Å². The van der Waals surface area contributed by atoms with Crippen LogP contribution in [0.25, 0.3) is 0 Å². The van der Waals surface area contributed by atoms with Crippen molar-refractivity contribution in [3.63, 3.8) is 0 Å². The second-order valence-corrected chi connectivity index (χ2v) is 5.24. The topological polar surface area (TPSA) is 29.5 Å². The number of ether oxygens (including phenoxy) is 1. The summed E-state index contributed by atoms with van der Waals surface area (Å²) in [7, 11) is 1.65. The third-order valence-corrected chi connectivity index (χ3v) is 3.94. The Morgan fingerprint density at radius 1 is 1.29 bits per heavy atom. The minimum atomic E-state index is -0.0856. The molecule has 0 bridgehead atoms. The molecule has 0 aromatic heterocycles. The molecule has 1 aliphatic rings. The van der Waals surface area contributed by atoms with Gasteiger partial charge in [0, 0.05) is 5.02 Å². The summed E-state index contributed by atoms with van der Waals surface area (Å²) in [6, 6.07) is 5.87. The minimum absolute atomic E-state index is 0.0856. The molecule has 1 N–H and O–H groups in total. The van der Waals surface area contributed by atoms with Crippen LogP contribution >= 0.6 is 11.6 Å². The molecule has 1 aliphatic carbocycles. The van der Waals surface area contributed by atoms with Crippen molar-refractivity contribution < 1.29 is 9.84 Å². The molecule has 0 radical (unpaired) electrons. The highest BCUT2D eigenvalue weighted by Gasteiger charge is 2.20. The zero-order valence-electron chi connectivity index (χ0n) is 10.2. The zero-order chi connectivity index (χ0) is 12.3. The summed E-state index contributed by atoms with van der Waals surface area (Å²) >= 11 is 6.23. The smallest absolute Gasteiger partial charge is 0.120 e. The molecule has 2 nitrogen and oxygen atoms in total. The van der Waals surface area contributed by atoms with E-state index < -0.39 is 0 Å². The number of hydrogen-bond donors (Lipinski definition) is 1. The minimum Gasteiger partial charge on any atom is -0.497 e. The van der Waals surface area contributed by atoms with Crippen molar-refractivity contribution in [1.29, 1.82) is 0 Å². The number of methoxy groups -OCH3 is 1. The summed E-state index contributed by atoms with van der Waals surface area (Å²) in [5.41, 5.74) is 1.19. The number of benzene rings is 1. The molecule has 0 amide bonds. The average Bonchev–Trinajstić information content (AvgIpc) is 2.34. The molecule has 1 fully saturated rings. The largest absolute Gasteiger partial charge is 0.497 e. The van der Waals surface area contributed by atoms with Crippen LogP contribution in [0, 0.1) is 5.92 Å². The van der Waals surface area contributed by atoms with Gasteiger partial charge in [-0.2, -0.15) is 0 Å². The van der Waals surface area contributed by atoms with Crippen LogP contribution in [0.4, 0.5) is 0 Å². The molecule has 0 atom stereocenters. The first-order valence-corrected chi connectivity index (χ1v) is 6.57. The van der Waals surface area contributed by atoms with Gasteiger partial charge in [-0.15, -0.1) is 0 Å². The molecule has 0 unspecified atom stereocenters.